The predicted octanol–water partition coefficient (Wildman–Crippen LogP) is 5.03. The first-order valence-corrected chi connectivity index (χ1v) is 12.9. The quantitative estimate of drug-likeness (QED) is 0.246. The van der Waals surface area contributed by atoms with Crippen LogP contribution in [0, 0.1) is 0 Å². The molecule has 0 saturated carbocycles. The summed E-state index contributed by atoms with van der Waals surface area (Å²) in [5, 5.41) is 0. The van der Waals surface area contributed by atoms with Crippen molar-refractivity contribution in [1.29, 1.82) is 0 Å². The first-order valence-electron chi connectivity index (χ1n) is 12.9. The summed E-state index contributed by atoms with van der Waals surface area (Å²) in [7, 11) is 0. The van der Waals surface area contributed by atoms with Gasteiger partial charge in [-0.2, -0.15) is 0 Å². The minimum Gasteiger partial charge on any atom is -0.474 e. The molecule has 0 amide bonds. The van der Waals surface area contributed by atoms with E-state index in [0.717, 1.165) is 22.7 Å². The van der Waals surface area contributed by atoms with E-state index in [-0.39, 0.29) is 24.3 Å². The molecule has 0 aliphatic carbocycles. The molecule has 0 fully saturated rings. The molecule has 6 rings (SSSR count). The van der Waals surface area contributed by atoms with Gasteiger partial charge >= 0.3 is 0 Å². The normalized spacial score (nSPS) is 10.9. The Kier molecular flexibility index (Phi) is 6.88. The van der Waals surface area contributed by atoms with Crippen LogP contribution in [-0.2, 0) is 0 Å². The Balaban J connectivity index is 1.28. The summed E-state index contributed by atoms with van der Waals surface area (Å²) in [5.41, 5.74) is 2.56. The Morgan fingerprint density at radius 1 is 0.400 bits per heavy atom. The molecule has 8 heteroatoms. The van der Waals surface area contributed by atoms with E-state index in [1.165, 1.54) is 12.1 Å². The summed E-state index contributed by atoms with van der Waals surface area (Å²) in [6.07, 6.45) is 0. The molecule has 0 saturated heterocycles. The van der Waals surface area contributed by atoms with Gasteiger partial charge in [-0.3, -0.25) is 9.59 Å². The Bertz CT molecular complexity index is 1680. The van der Waals surface area contributed by atoms with Crippen LogP contribution in [0.4, 0.5) is 0 Å². The molecule has 0 atom stereocenters. The molecule has 40 heavy (non-hydrogen) atoms. The average molecular weight is 531 g/mol. The molecule has 6 aromatic rings. The number of hydrogen-bond donors (Lipinski definition) is 0. The highest BCUT2D eigenvalue weighted by molar-refractivity contribution is 5.41. The summed E-state index contributed by atoms with van der Waals surface area (Å²) in [5.74, 6) is 0.761. The molecule has 0 spiro atoms. The van der Waals surface area contributed by atoms with Crippen LogP contribution in [0.5, 0.6) is 11.8 Å². The topological polar surface area (TPSA) is 72.3 Å². The molecule has 0 unspecified atom stereocenters. The number of rotatable bonds is 9. The van der Waals surface area contributed by atoms with Crippen molar-refractivity contribution in [2.45, 2.75) is 0 Å². The van der Waals surface area contributed by atoms with Gasteiger partial charge in [0.05, 0.1) is 34.9 Å². The largest absolute Gasteiger partial charge is 0.474 e. The molecule has 0 aliphatic heterocycles. The second kappa shape index (κ2) is 11.1. The average Bonchev–Trinajstić information content (AvgIpc) is 3.52. The fraction of sp³-hybridized carbons (Fsp3) is 0.0625. The van der Waals surface area contributed by atoms with Crippen molar-refractivity contribution in [3.8, 4) is 34.5 Å². The van der Waals surface area contributed by atoms with Gasteiger partial charge in [0.25, 0.3) is 11.1 Å². The number of benzene rings is 4. The van der Waals surface area contributed by atoms with Crippen LogP contribution in [0.3, 0.4) is 0 Å². The third-order valence-electron chi connectivity index (χ3n) is 6.32. The monoisotopic (exact) mass is 530 g/mol. The number of aromatic nitrogens is 4. The minimum atomic E-state index is -0.219. The molecule has 0 bridgehead atoms. The van der Waals surface area contributed by atoms with E-state index < -0.39 is 0 Å². The van der Waals surface area contributed by atoms with E-state index in [2.05, 4.69) is 0 Å². The molecule has 198 valence electrons. The SMILES string of the molecule is O=c1cc(OCCOc2cc(=O)n(-c3ccccc3)n2-c2ccccc2)n(-c2ccccc2)n1-c1ccccc1. The lowest BCUT2D eigenvalue weighted by molar-refractivity contribution is 0.199. The summed E-state index contributed by atoms with van der Waals surface area (Å²) in [6.45, 7) is 0.287. The molecule has 8 nitrogen and oxygen atoms in total. The maximum absolute atomic E-state index is 13.1. The Labute approximate surface area is 230 Å². The van der Waals surface area contributed by atoms with Crippen LogP contribution >= 0.6 is 0 Å². The first-order chi connectivity index (χ1) is 19.7. The van der Waals surface area contributed by atoms with Gasteiger partial charge in [-0.15, -0.1) is 0 Å². The zero-order chi connectivity index (χ0) is 27.3. The first kappa shape index (κ1) is 24.8. The van der Waals surface area contributed by atoms with E-state index in [9.17, 15) is 9.59 Å². The van der Waals surface area contributed by atoms with E-state index in [1.807, 2.05) is 121 Å². The highest BCUT2D eigenvalue weighted by atomic mass is 16.5. The third kappa shape index (κ3) is 4.86. The molecule has 0 radical (unpaired) electrons. The van der Waals surface area contributed by atoms with Crippen LogP contribution in [-0.4, -0.2) is 31.9 Å². The Hall–Kier alpha value is -5.50. The van der Waals surface area contributed by atoms with Crippen LogP contribution < -0.4 is 20.6 Å². The Morgan fingerprint density at radius 3 is 0.975 bits per heavy atom. The van der Waals surface area contributed by atoms with Crippen LogP contribution in [0.15, 0.2) is 143 Å². The van der Waals surface area contributed by atoms with Crippen molar-refractivity contribution in [2.75, 3.05) is 13.2 Å². The van der Waals surface area contributed by atoms with Gasteiger partial charge in [-0.1, -0.05) is 72.8 Å². The molecule has 2 aromatic heterocycles. The lowest BCUT2D eigenvalue weighted by Gasteiger charge is -2.17. The zero-order valence-electron chi connectivity index (χ0n) is 21.5. The summed E-state index contributed by atoms with van der Waals surface area (Å²) < 4.78 is 18.8. The lowest BCUT2D eigenvalue weighted by atomic mass is 10.3. The summed E-state index contributed by atoms with van der Waals surface area (Å²) in [6, 6.07) is 40.8. The highest BCUT2D eigenvalue weighted by Gasteiger charge is 2.18. The lowest BCUT2D eigenvalue weighted by Crippen LogP contribution is -2.21. The van der Waals surface area contributed by atoms with Crippen molar-refractivity contribution in [1.82, 2.24) is 18.7 Å². The summed E-state index contributed by atoms with van der Waals surface area (Å²) >= 11 is 0. The van der Waals surface area contributed by atoms with Crippen LogP contribution in [0.25, 0.3) is 22.7 Å². The van der Waals surface area contributed by atoms with Crippen molar-refractivity contribution in [3.05, 3.63) is 154 Å². The maximum atomic E-state index is 13.1. The smallest absolute Gasteiger partial charge is 0.275 e. The highest BCUT2D eigenvalue weighted by Crippen LogP contribution is 2.22. The van der Waals surface area contributed by atoms with E-state index >= 15 is 0 Å². The molecule has 2 heterocycles. The molecular formula is C32H26N4O4. The summed E-state index contributed by atoms with van der Waals surface area (Å²) in [4.78, 5) is 26.1. The fourth-order valence-corrected chi connectivity index (χ4v) is 4.60. The van der Waals surface area contributed by atoms with Gasteiger partial charge in [0, 0.05) is 0 Å². The van der Waals surface area contributed by atoms with Crippen molar-refractivity contribution in [3.63, 3.8) is 0 Å². The van der Waals surface area contributed by atoms with Gasteiger partial charge in [0.2, 0.25) is 11.8 Å². The maximum Gasteiger partial charge on any atom is 0.275 e. The van der Waals surface area contributed by atoms with E-state index in [4.69, 9.17) is 9.47 Å². The third-order valence-corrected chi connectivity index (χ3v) is 6.32. The van der Waals surface area contributed by atoms with Gasteiger partial charge < -0.3 is 9.47 Å². The molecule has 4 aromatic carbocycles. The number of para-hydroxylation sites is 4. The van der Waals surface area contributed by atoms with E-state index in [0.29, 0.717) is 11.8 Å². The van der Waals surface area contributed by atoms with Crippen molar-refractivity contribution in [2.24, 2.45) is 0 Å². The van der Waals surface area contributed by atoms with Gasteiger partial charge in [0.1, 0.15) is 13.2 Å². The molecule has 0 aliphatic rings. The predicted molar refractivity (Wildman–Crippen MR) is 154 cm³/mol. The standard InChI is InChI=1S/C32H26N4O4/c37-29-23-31(35(27-17-9-3-10-18-27)33(29)25-13-5-1-6-14-25)39-21-22-40-32-24-30(38)34(26-15-7-2-8-16-26)36(32)28-19-11-4-12-20-28/h1-20,23-24H,21-22H2. The van der Waals surface area contributed by atoms with Crippen molar-refractivity contribution < 1.29 is 9.47 Å². The zero-order valence-corrected chi connectivity index (χ0v) is 21.5. The second-order valence-electron chi connectivity index (χ2n) is 8.93. The van der Waals surface area contributed by atoms with Gasteiger partial charge in [-0.05, 0) is 48.5 Å². The van der Waals surface area contributed by atoms with Gasteiger partial charge in [0.15, 0.2) is 0 Å². The number of ether oxygens (including phenoxy) is 2. The van der Waals surface area contributed by atoms with Gasteiger partial charge in [-0.25, -0.2) is 18.7 Å². The minimum absolute atomic E-state index is 0.143. The fourth-order valence-electron chi connectivity index (χ4n) is 4.60. The van der Waals surface area contributed by atoms with E-state index in [1.54, 1.807) is 18.7 Å². The van der Waals surface area contributed by atoms with Crippen molar-refractivity contribution >= 4 is 0 Å². The number of hydrogen-bond acceptors (Lipinski definition) is 4. The second-order valence-corrected chi connectivity index (χ2v) is 8.93. The number of nitrogens with zero attached hydrogens (tertiary/aromatic N) is 4. The molecule has 0 N–H and O–H groups in total. The van der Waals surface area contributed by atoms with Crippen LogP contribution in [0.2, 0.25) is 0 Å². The van der Waals surface area contributed by atoms with Crippen LogP contribution in [0.1, 0.15) is 0 Å². The Morgan fingerprint density at radius 2 is 0.675 bits per heavy atom. The molecular weight excluding hydrogens is 504 g/mol.